The van der Waals surface area contributed by atoms with Gasteiger partial charge in [-0.05, 0) is 44.2 Å². The van der Waals surface area contributed by atoms with E-state index in [0.717, 1.165) is 29.6 Å². The van der Waals surface area contributed by atoms with Gasteiger partial charge >= 0.3 is 0 Å². The molecule has 130 valence electrons. The number of anilines is 1. The molecule has 3 rings (SSSR count). The molecule has 1 N–H and O–H groups in total. The van der Waals surface area contributed by atoms with Crippen molar-refractivity contribution in [2.45, 2.75) is 18.7 Å². The Morgan fingerprint density at radius 2 is 1.64 bits per heavy atom. The predicted molar refractivity (Wildman–Crippen MR) is 90.2 cm³/mol. The van der Waals surface area contributed by atoms with E-state index >= 15 is 0 Å². The molecule has 25 heavy (non-hydrogen) atoms. The van der Waals surface area contributed by atoms with Gasteiger partial charge in [0.15, 0.2) is 4.90 Å². The summed E-state index contributed by atoms with van der Waals surface area (Å²) in [6.45, 7) is 3.63. The Hall–Kier alpha value is -2.74. The van der Waals surface area contributed by atoms with Crippen molar-refractivity contribution < 1.29 is 17.2 Å². The molecular weight excluding hydrogens is 348 g/mol. The summed E-state index contributed by atoms with van der Waals surface area (Å²) in [7, 11) is -4.45. The average molecular weight is 363 g/mol. The first-order chi connectivity index (χ1) is 11.8. The van der Waals surface area contributed by atoms with Crippen molar-refractivity contribution in [1.82, 2.24) is 9.78 Å². The summed E-state index contributed by atoms with van der Waals surface area (Å²) >= 11 is 0. The fraction of sp³-hybridized carbons (Fsp3) is 0.118. The van der Waals surface area contributed by atoms with Gasteiger partial charge in [0, 0.05) is 5.69 Å². The minimum absolute atomic E-state index is 0.163. The highest BCUT2D eigenvalue weighted by atomic mass is 32.2. The highest BCUT2D eigenvalue weighted by molar-refractivity contribution is 7.92. The van der Waals surface area contributed by atoms with Crippen molar-refractivity contribution in [2.24, 2.45) is 0 Å². The Bertz CT molecular complexity index is 1030. The Kier molecular flexibility index (Phi) is 4.30. The van der Waals surface area contributed by atoms with Gasteiger partial charge in [-0.1, -0.05) is 18.2 Å². The molecule has 2 aromatic carbocycles. The largest absolute Gasteiger partial charge is 0.277 e. The molecule has 0 radical (unpaired) electrons. The number of aryl methyl sites for hydroxylation is 2. The van der Waals surface area contributed by atoms with E-state index < -0.39 is 26.6 Å². The summed E-state index contributed by atoms with van der Waals surface area (Å²) in [4.78, 5) is -1.02. The molecule has 0 fully saturated rings. The van der Waals surface area contributed by atoms with Crippen molar-refractivity contribution in [3.63, 3.8) is 0 Å². The quantitative estimate of drug-likeness (QED) is 0.771. The lowest BCUT2D eigenvalue weighted by Gasteiger charge is -2.14. The van der Waals surface area contributed by atoms with Crippen LogP contribution in [0.15, 0.2) is 53.4 Å². The molecule has 1 heterocycles. The lowest BCUT2D eigenvalue weighted by molar-refractivity contribution is 0.521. The second kappa shape index (κ2) is 6.29. The van der Waals surface area contributed by atoms with Crippen LogP contribution in [0.2, 0.25) is 0 Å². The maximum atomic E-state index is 13.9. The maximum Gasteiger partial charge on any atom is 0.267 e. The number of aromatic nitrogens is 2. The molecule has 0 unspecified atom stereocenters. The van der Waals surface area contributed by atoms with E-state index in [0.29, 0.717) is 5.69 Å². The van der Waals surface area contributed by atoms with Crippen molar-refractivity contribution in [1.29, 1.82) is 0 Å². The van der Waals surface area contributed by atoms with Crippen LogP contribution in [0, 0.1) is 25.5 Å². The topological polar surface area (TPSA) is 64.0 Å². The molecule has 0 atom stereocenters. The Morgan fingerprint density at radius 3 is 2.24 bits per heavy atom. The van der Waals surface area contributed by atoms with Gasteiger partial charge in [0.2, 0.25) is 0 Å². The highest BCUT2D eigenvalue weighted by Crippen LogP contribution is 2.26. The van der Waals surface area contributed by atoms with E-state index in [4.69, 9.17) is 0 Å². The molecule has 5 nitrogen and oxygen atoms in total. The van der Waals surface area contributed by atoms with Gasteiger partial charge in [0.25, 0.3) is 10.0 Å². The monoisotopic (exact) mass is 363 g/mol. The maximum absolute atomic E-state index is 13.9. The average Bonchev–Trinajstić information content (AvgIpc) is 2.85. The molecule has 3 aromatic rings. The Labute approximate surface area is 144 Å². The third kappa shape index (κ3) is 3.25. The van der Waals surface area contributed by atoms with Crippen molar-refractivity contribution >= 4 is 15.7 Å². The molecule has 0 saturated heterocycles. The van der Waals surface area contributed by atoms with E-state index in [2.05, 4.69) is 9.82 Å². The van der Waals surface area contributed by atoms with Crippen molar-refractivity contribution in [3.8, 4) is 5.69 Å². The summed E-state index contributed by atoms with van der Waals surface area (Å²) in [6, 6.07) is 11.2. The van der Waals surface area contributed by atoms with Gasteiger partial charge in [-0.15, -0.1) is 0 Å². The second-order valence-electron chi connectivity index (χ2n) is 5.51. The first kappa shape index (κ1) is 17.1. The van der Waals surface area contributed by atoms with Gasteiger partial charge in [0.05, 0.1) is 17.1 Å². The van der Waals surface area contributed by atoms with Crippen LogP contribution in [0.4, 0.5) is 14.5 Å². The van der Waals surface area contributed by atoms with Gasteiger partial charge in [-0.25, -0.2) is 21.9 Å². The predicted octanol–water partition coefficient (Wildman–Crippen LogP) is 3.57. The van der Waals surface area contributed by atoms with E-state index in [1.165, 1.54) is 6.07 Å². The van der Waals surface area contributed by atoms with Crippen molar-refractivity contribution in [3.05, 3.63) is 71.6 Å². The van der Waals surface area contributed by atoms with Crippen LogP contribution in [-0.2, 0) is 10.0 Å². The van der Waals surface area contributed by atoms with Gasteiger partial charge in [-0.2, -0.15) is 5.10 Å². The molecule has 0 aliphatic heterocycles. The summed E-state index contributed by atoms with van der Waals surface area (Å²) < 4.78 is 56.5. The minimum Gasteiger partial charge on any atom is -0.277 e. The van der Waals surface area contributed by atoms with E-state index in [-0.39, 0.29) is 5.69 Å². The van der Waals surface area contributed by atoms with Gasteiger partial charge in [-0.3, -0.25) is 4.72 Å². The normalized spacial score (nSPS) is 11.5. The smallest absolute Gasteiger partial charge is 0.267 e. The third-order valence-corrected chi connectivity index (χ3v) is 4.99. The van der Waals surface area contributed by atoms with Crippen LogP contribution in [0.25, 0.3) is 5.69 Å². The van der Waals surface area contributed by atoms with Crippen LogP contribution in [0.3, 0.4) is 0 Å². The van der Waals surface area contributed by atoms with Crippen LogP contribution in [0.1, 0.15) is 11.4 Å². The number of rotatable bonds is 4. The number of benzene rings is 2. The Balaban J connectivity index is 2.09. The second-order valence-corrected chi connectivity index (χ2v) is 7.13. The number of hydrogen-bond acceptors (Lipinski definition) is 3. The van der Waals surface area contributed by atoms with E-state index in [1.807, 2.05) is 19.9 Å². The number of hydrogen-bond donors (Lipinski definition) is 1. The zero-order valence-corrected chi connectivity index (χ0v) is 14.3. The molecule has 0 saturated carbocycles. The molecule has 8 heteroatoms. The molecule has 0 aliphatic carbocycles. The first-order valence-corrected chi connectivity index (χ1v) is 8.87. The van der Waals surface area contributed by atoms with Crippen molar-refractivity contribution in [2.75, 3.05) is 4.72 Å². The molecule has 0 amide bonds. The molecule has 1 aromatic heterocycles. The summed E-state index contributed by atoms with van der Waals surface area (Å²) in [5, 5.41) is 4.31. The fourth-order valence-electron chi connectivity index (χ4n) is 2.55. The van der Waals surface area contributed by atoms with Gasteiger partial charge < -0.3 is 0 Å². The van der Waals surface area contributed by atoms with E-state index in [1.54, 1.807) is 22.9 Å². The number of nitrogens with zero attached hydrogens (tertiary/aromatic N) is 2. The Morgan fingerprint density at radius 1 is 1.00 bits per heavy atom. The van der Waals surface area contributed by atoms with Crippen LogP contribution >= 0.6 is 0 Å². The number of halogens is 2. The first-order valence-electron chi connectivity index (χ1n) is 7.39. The standard InChI is InChI=1S/C17H15F2N3O2S/c1-11-10-12(2)22(20-11)16-9-4-3-8-15(16)21-25(23,24)17-13(18)6-5-7-14(17)19/h3-10,21H,1-2H3. The minimum atomic E-state index is -4.45. The molecule has 0 bridgehead atoms. The highest BCUT2D eigenvalue weighted by Gasteiger charge is 2.25. The van der Waals surface area contributed by atoms with Gasteiger partial charge in [0.1, 0.15) is 11.6 Å². The lowest BCUT2D eigenvalue weighted by Crippen LogP contribution is -2.18. The van der Waals surface area contributed by atoms with Crippen LogP contribution in [0.5, 0.6) is 0 Å². The zero-order chi connectivity index (χ0) is 18.2. The van der Waals surface area contributed by atoms with E-state index in [9.17, 15) is 17.2 Å². The SMILES string of the molecule is Cc1cc(C)n(-c2ccccc2NS(=O)(=O)c2c(F)cccc2F)n1. The lowest BCUT2D eigenvalue weighted by atomic mass is 10.2. The molecule has 0 aliphatic rings. The fourth-order valence-corrected chi connectivity index (χ4v) is 3.77. The van der Waals surface area contributed by atoms with Crippen LogP contribution < -0.4 is 4.72 Å². The number of para-hydroxylation sites is 2. The summed E-state index contributed by atoms with van der Waals surface area (Å²) in [6.07, 6.45) is 0. The number of nitrogens with one attached hydrogen (secondary N) is 1. The molecular formula is C17H15F2N3O2S. The number of sulfonamides is 1. The third-order valence-electron chi connectivity index (χ3n) is 3.57. The zero-order valence-electron chi connectivity index (χ0n) is 13.5. The summed E-state index contributed by atoms with van der Waals surface area (Å²) in [5.41, 5.74) is 2.17. The summed E-state index contributed by atoms with van der Waals surface area (Å²) in [5.74, 6) is -2.31. The molecule has 0 spiro atoms. The van der Waals surface area contributed by atoms with Crippen LogP contribution in [-0.4, -0.2) is 18.2 Å².